The fraction of sp³-hybridized carbons (Fsp3) is 0.913. The van der Waals surface area contributed by atoms with Crippen molar-refractivity contribution in [2.75, 3.05) is 6.54 Å². The zero-order valence-corrected chi connectivity index (χ0v) is 19.3. The van der Waals surface area contributed by atoms with Crippen LogP contribution in [-0.4, -0.2) is 42.4 Å². The van der Waals surface area contributed by atoms with Gasteiger partial charge in [0.25, 0.3) is 0 Å². The first kappa shape index (κ1) is 23.0. The lowest BCUT2D eigenvalue weighted by Gasteiger charge is -2.59. The zero-order chi connectivity index (χ0) is 22.4. The van der Waals surface area contributed by atoms with Gasteiger partial charge in [0.2, 0.25) is 18.0 Å². The van der Waals surface area contributed by atoms with Gasteiger partial charge in [-0.05, 0) is 43.9 Å². The molecule has 4 saturated heterocycles. The molecule has 0 aromatic rings. The summed E-state index contributed by atoms with van der Waals surface area (Å²) in [6, 6.07) is 0. The second kappa shape index (κ2) is 8.61. The Morgan fingerprint density at radius 2 is 1.87 bits per heavy atom. The van der Waals surface area contributed by atoms with Crippen molar-refractivity contribution in [3.8, 4) is 0 Å². The van der Waals surface area contributed by atoms with Gasteiger partial charge < -0.3 is 19.5 Å². The first-order chi connectivity index (χ1) is 14.6. The number of amides is 1. The van der Waals surface area contributed by atoms with E-state index in [9.17, 15) is 9.59 Å². The summed E-state index contributed by atoms with van der Waals surface area (Å²) in [5.74, 6) is -0.299. The highest BCUT2D eigenvalue weighted by Crippen LogP contribution is 2.60. The van der Waals surface area contributed by atoms with E-state index in [2.05, 4.69) is 12.2 Å². The maximum atomic E-state index is 12.5. The zero-order valence-electron chi connectivity index (χ0n) is 19.3. The molecule has 5 rings (SSSR count). The number of nitrogens with one attached hydrogen (secondary N) is 1. The minimum atomic E-state index is -0.860. The molecule has 1 N–H and O–H groups in total. The highest BCUT2D eigenvalue weighted by Gasteiger charge is 2.69. The summed E-state index contributed by atoms with van der Waals surface area (Å²) >= 11 is 0. The van der Waals surface area contributed by atoms with E-state index in [-0.39, 0.29) is 36.5 Å². The highest BCUT2D eigenvalue weighted by molar-refractivity contribution is 5.81. The summed E-state index contributed by atoms with van der Waals surface area (Å²) in [5, 5.41) is 2.82. The molecule has 31 heavy (non-hydrogen) atoms. The number of hydrogen-bond donors (Lipinski definition) is 1. The number of carbonyl (C=O) groups is 2. The topological polar surface area (TPSA) is 92.3 Å². The first-order valence-electron chi connectivity index (χ1n) is 11.8. The first-order valence-corrected chi connectivity index (χ1v) is 11.8. The molecule has 8 heteroatoms. The Labute approximate surface area is 184 Å². The normalized spacial score (nSPS) is 43.8. The fourth-order valence-electron chi connectivity index (χ4n) is 5.82. The molecule has 0 radical (unpaired) electrons. The van der Waals surface area contributed by atoms with Crippen LogP contribution in [0.25, 0.3) is 0 Å². The molecule has 1 saturated carbocycles. The Hall–Kier alpha value is -1.22. The highest BCUT2D eigenvalue weighted by atomic mass is 17.3. The van der Waals surface area contributed by atoms with E-state index in [1.54, 1.807) is 0 Å². The lowest BCUT2D eigenvalue weighted by Crippen LogP contribution is -2.70. The smallest absolute Gasteiger partial charge is 0.308 e. The second-order valence-electron chi connectivity index (χ2n) is 10.5. The average molecular weight is 440 g/mol. The van der Waals surface area contributed by atoms with E-state index >= 15 is 0 Å². The van der Waals surface area contributed by atoms with Gasteiger partial charge in [-0.2, -0.15) is 0 Å². The molecule has 0 aromatic heterocycles. The van der Waals surface area contributed by atoms with Gasteiger partial charge in [0.05, 0.1) is 6.42 Å². The van der Waals surface area contributed by atoms with E-state index in [0.717, 1.165) is 25.7 Å². The van der Waals surface area contributed by atoms with Crippen molar-refractivity contribution < 1.29 is 33.6 Å². The molecule has 2 bridgehead atoms. The van der Waals surface area contributed by atoms with Gasteiger partial charge in [-0.1, -0.05) is 27.7 Å². The summed E-state index contributed by atoms with van der Waals surface area (Å²) in [7, 11) is 0. The van der Waals surface area contributed by atoms with Crippen LogP contribution < -0.4 is 5.32 Å². The van der Waals surface area contributed by atoms with Crippen LogP contribution in [0.1, 0.15) is 73.1 Å². The maximum Gasteiger partial charge on any atom is 0.308 e. The average Bonchev–Trinajstić information content (AvgIpc) is 2.94. The summed E-state index contributed by atoms with van der Waals surface area (Å²) in [6.45, 7) is 10.8. The quantitative estimate of drug-likeness (QED) is 0.501. The molecule has 1 amide bonds. The Balaban J connectivity index is 1.43. The monoisotopic (exact) mass is 439 g/mol. The van der Waals surface area contributed by atoms with E-state index in [4.69, 9.17) is 24.0 Å². The number of fused-ring (bicyclic) bond motifs is 2. The van der Waals surface area contributed by atoms with Gasteiger partial charge in [-0.15, -0.1) is 0 Å². The van der Waals surface area contributed by atoms with E-state index < -0.39 is 29.9 Å². The lowest BCUT2D eigenvalue weighted by molar-refractivity contribution is -0.576. The predicted octanol–water partition coefficient (Wildman–Crippen LogP) is 3.29. The summed E-state index contributed by atoms with van der Waals surface area (Å²) in [5.41, 5.74) is -0.674. The van der Waals surface area contributed by atoms with E-state index in [1.165, 1.54) is 0 Å². The minimum absolute atomic E-state index is 0.0226. The van der Waals surface area contributed by atoms with Gasteiger partial charge in [-0.3, -0.25) is 9.59 Å². The number of ether oxygens (including phenoxy) is 3. The molecule has 8 atom stereocenters. The molecule has 5 fully saturated rings. The fourth-order valence-corrected chi connectivity index (χ4v) is 5.82. The molecule has 0 unspecified atom stereocenters. The van der Waals surface area contributed by atoms with Crippen LogP contribution in [0.4, 0.5) is 0 Å². The molecule has 5 aliphatic rings. The third-order valence-corrected chi connectivity index (χ3v) is 7.61. The van der Waals surface area contributed by atoms with Crippen LogP contribution in [0.3, 0.4) is 0 Å². The minimum Gasteiger partial charge on any atom is -0.435 e. The maximum absolute atomic E-state index is 12.5. The van der Waals surface area contributed by atoms with Gasteiger partial charge in [0.15, 0.2) is 11.9 Å². The van der Waals surface area contributed by atoms with Crippen LogP contribution >= 0.6 is 0 Å². The predicted molar refractivity (Wildman–Crippen MR) is 110 cm³/mol. The van der Waals surface area contributed by atoms with Gasteiger partial charge in [-0.25, -0.2) is 9.78 Å². The van der Waals surface area contributed by atoms with Crippen molar-refractivity contribution >= 4 is 11.9 Å². The van der Waals surface area contributed by atoms with Crippen molar-refractivity contribution in [1.29, 1.82) is 0 Å². The summed E-state index contributed by atoms with van der Waals surface area (Å²) < 4.78 is 18.2. The largest absolute Gasteiger partial charge is 0.435 e. The van der Waals surface area contributed by atoms with Crippen molar-refractivity contribution in [3.63, 3.8) is 0 Å². The Morgan fingerprint density at radius 3 is 2.61 bits per heavy atom. The third-order valence-electron chi connectivity index (χ3n) is 7.61. The number of esters is 1. The van der Waals surface area contributed by atoms with Crippen molar-refractivity contribution in [2.45, 2.75) is 97.1 Å². The number of hydrogen-bond acceptors (Lipinski definition) is 7. The number of rotatable bonds is 6. The SMILES string of the molecule is CC(C)CNC(=O)CCC(=O)O[C@@H]1O[C@@H]2O[C@@]3(C)CC[C@@H]4[C@H](C)CC[C@@H]([C@H]1C)[C@@]24OO3. The van der Waals surface area contributed by atoms with Crippen LogP contribution in [0.15, 0.2) is 0 Å². The lowest BCUT2D eigenvalue weighted by atomic mass is 9.58. The van der Waals surface area contributed by atoms with E-state index in [0.29, 0.717) is 18.4 Å². The van der Waals surface area contributed by atoms with Crippen molar-refractivity contribution in [1.82, 2.24) is 5.32 Å². The Bertz CT molecular complexity index is 699. The van der Waals surface area contributed by atoms with Crippen LogP contribution in [0.2, 0.25) is 0 Å². The van der Waals surface area contributed by atoms with Gasteiger partial charge in [0.1, 0.15) is 0 Å². The molecule has 4 aliphatic heterocycles. The van der Waals surface area contributed by atoms with E-state index in [1.807, 2.05) is 27.7 Å². The van der Waals surface area contributed by atoms with Gasteiger partial charge in [0, 0.05) is 31.2 Å². The number of carbonyl (C=O) groups excluding carboxylic acids is 2. The Kier molecular flexibility index (Phi) is 6.38. The van der Waals surface area contributed by atoms with Crippen LogP contribution in [0, 0.1) is 29.6 Å². The molecule has 8 nitrogen and oxygen atoms in total. The van der Waals surface area contributed by atoms with Gasteiger partial charge >= 0.3 is 5.97 Å². The van der Waals surface area contributed by atoms with Crippen molar-refractivity contribution in [3.05, 3.63) is 0 Å². The van der Waals surface area contributed by atoms with Crippen LogP contribution in [0.5, 0.6) is 0 Å². The molecule has 0 aromatic carbocycles. The third kappa shape index (κ3) is 4.24. The van der Waals surface area contributed by atoms with Crippen LogP contribution in [-0.2, 0) is 33.6 Å². The molecule has 4 heterocycles. The molecular formula is C23H37NO7. The Morgan fingerprint density at radius 1 is 1.10 bits per heavy atom. The summed E-state index contributed by atoms with van der Waals surface area (Å²) in [4.78, 5) is 36.3. The molecule has 176 valence electrons. The molecule has 1 aliphatic carbocycles. The second-order valence-corrected chi connectivity index (χ2v) is 10.5. The molecule has 1 spiro atoms. The standard InChI is InChI=1S/C23H37NO7/c1-13(2)12-24-18(25)8-9-19(26)27-20-15(4)17-7-6-14(3)16-10-11-22(5)29-21(28-20)23(16,17)31-30-22/h13-17,20-21H,6-12H2,1-5H3,(H,24,25)/t14-,15-,16-,17+,20-,21-,22-,23-/m1/s1. The molecular weight excluding hydrogens is 402 g/mol. The summed E-state index contributed by atoms with van der Waals surface area (Å²) in [6.07, 6.45) is 2.47. The van der Waals surface area contributed by atoms with Crippen molar-refractivity contribution in [2.24, 2.45) is 29.6 Å².